The molecule has 0 spiro atoms. The van der Waals surface area contributed by atoms with Crippen LogP contribution in [0.5, 0.6) is 0 Å². The first-order chi connectivity index (χ1) is 15.5. The van der Waals surface area contributed by atoms with E-state index in [9.17, 15) is 9.18 Å². The van der Waals surface area contributed by atoms with Crippen LogP contribution in [0.25, 0.3) is 5.57 Å². The van der Waals surface area contributed by atoms with Gasteiger partial charge in [-0.05, 0) is 61.8 Å². The van der Waals surface area contributed by atoms with Crippen molar-refractivity contribution in [3.63, 3.8) is 0 Å². The number of carbonyl (C=O) groups is 1. The van der Waals surface area contributed by atoms with E-state index >= 15 is 0 Å². The van der Waals surface area contributed by atoms with Crippen LogP contribution in [0, 0.1) is 11.7 Å². The van der Waals surface area contributed by atoms with Crippen LogP contribution in [0.15, 0.2) is 36.7 Å². The van der Waals surface area contributed by atoms with Crippen LogP contribution < -0.4 is 15.5 Å². The Labute approximate surface area is 187 Å². The van der Waals surface area contributed by atoms with Gasteiger partial charge in [0.05, 0.1) is 29.8 Å². The summed E-state index contributed by atoms with van der Waals surface area (Å²) in [5.74, 6) is 0.0787. The van der Waals surface area contributed by atoms with Crippen molar-refractivity contribution in [3.8, 4) is 0 Å². The molecular weight excluding hydrogens is 409 g/mol. The Balaban J connectivity index is 1.49. The van der Waals surface area contributed by atoms with Crippen molar-refractivity contribution < 1.29 is 14.3 Å². The second-order valence-corrected chi connectivity index (χ2v) is 8.75. The van der Waals surface area contributed by atoms with Gasteiger partial charge in [-0.25, -0.2) is 14.2 Å². The van der Waals surface area contributed by atoms with E-state index in [1.165, 1.54) is 6.07 Å². The van der Waals surface area contributed by atoms with Crippen molar-refractivity contribution in [2.75, 3.05) is 23.3 Å². The summed E-state index contributed by atoms with van der Waals surface area (Å²) in [5, 5.41) is 15.1. The summed E-state index contributed by atoms with van der Waals surface area (Å²) in [5.41, 5.74) is 4.04. The number of carboxylic acid groups (broad SMARTS) is 1. The predicted octanol–water partition coefficient (Wildman–Crippen LogP) is 4.67. The maximum atomic E-state index is 14.4. The molecule has 2 aromatic rings. The summed E-state index contributed by atoms with van der Waals surface area (Å²) in [6.07, 6.45) is 9.48. The number of hydrogen-bond donors (Lipinski definition) is 3. The molecule has 1 fully saturated rings. The van der Waals surface area contributed by atoms with Gasteiger partial charge < -0.3 is 20.6 Å². The lowest BCUT2D eigenvalue weighted by atomic mass is 9.95. The molecule has 1 aliphatic carbocycles. The molecular formula is C24H30FN5O2. The molecule has 32 heavy (non-hydrogen) atoms. The summed E-state index contributed by atoms with van der Waals surface area (Å²) in [6.45, 7) is 4.01. The lowest BCUT2D eigenvalue weighted by Gasteiger charge is -2.38. The number of pyridine rings is 2. The summed E-state index contributed by atoms with van der Waals surface area (Å²) in [7, 11) is 0. The van der Waals surface area contributed by atoms with Gasteiger partial charge in [-0.1, -0.05) is 13.0 Å². The number of nitrogens with zero attached hydrogens (tertiary/aromatic N) is 3. The number of allylic oxidation sites excluding steroid dienone is 2. The first-order valence-electron chi connectivity index (χ1n) is 11.3. The fourth-order valence-corrected chi connectivity index (χ4v) is 4.67. The summed E-state index contributed by atoms with van der Waals surface area (Å²) >= 11 is 0. The van der Waals surface area contributed by atoms with E-state index < -0.39 is 6.09 Å². The molecule has 3 heterocycles. The molecule has 0 radical (unpaired) electrons. The molecule has 1 amide bonds. The van der Waals surface area contributed by atoms with Crippen LogP contribution in [-0.2, 0) is 6.54 Å². The van der Waals surface area contributed by atoms with Gasteiger partial charge in [0.25, 0.3) is 0 Å². The smallest absolute Gasteiger partial charge is 0.404 e. The number of anilines is 2. The van der Waals surface area contributed by atoms with E-state index in [4.69, 9.17) is 5.11 Å². The number of nitrogens with one attached hydrogen (secondary N) is 2. The first kappa shape index (κ1) is 22.0. The quantitative estimate of drug-likeness (QED) is 0.606. The lowest BCUT2D eigenvalue weighted by molar-refractivity contribution is 0.186. The number of amides is 1. The van der Waals surface area contributed by atoms with Crippen molar-refractivity contribution in [1.29, 1.82) is 0 Å². The Kier molecular flexibility index (Phi) is 6.87. The number of rotatable bonds is 6. The van der Waals surface area contributed by atoms with Crippen LogP contribution in [-0.4, -0.2) is 40.3 Å². The maximum Gasteiger partial charge on any atom is 0.404 e. The monoisotopic (exact) mass is 439 g/mol. The molecule has 2 atom stereocenters. The fraction of sp³-hybridized carbons (Fsp3) is 0.458. The Morgan fingerprint density at radius 3 is 2.94 bits per heavy atom. The minimum atomic E-state index is -0.997. The highest BCUT2D eigenvalue weighted by Crippen LogP contribution is 2.30. The molecule has 3 N–H and O–H groups in total. The summed E-state index contributed by atoms with van der Waals surface area (Å²) in [6, 6.07) is 5.02. The first-order valence-corrected chi connectivity index (χ1v) is 11.3. The number of halogens is 1. The van der Waals surface area contributed by atoms with Crippen LogP contribution in [0.4, 0.5) is 20.6 Å². The third-order valence-corrected chi connectivity index (χ3v) is 6.08. The van der Waals surface area contributed by atoms with Gasteiger partial charge in [0.2, 0.25) is 0 Å². The van der Waals surface area contributed by atoms with Gasteiger partial charge in [0.15, 0.2) is 0 Å². The number of piperidine rings is 1. The second kappa shape index (κ2) is 9.97. The van der Waals surface area contributed by atoms with E-state index in [-0.39, 0.29) is 11.9 Å². The van der Waals surface area contributed by atoms with Crippen molar-refractivity contribution in [2.24, 2.45) is 5.92 Å². The highest BCUT2D eigenvalue weighted by atomic mass is 19.1. The largest absolute Gasteiger partial charge is 0.465 e. The zero-order valence-electron chi connectivity index (χ0n) is 18.4. The zero-order chi connectivity index (χ0) is 22.5. The molecule has 4 rings (SSSR count). The summed E-state index contributed by atoms with van der Waals surface area (Å²) < 4.78 is 14.4. The molecule has 8 heteroatoms. The standard InChI is InChI=1S/C24H30FN5O2/c1-16-11-19(29-24(31)32)15-30(14-16)22-9-10-26-13-21(22)27-12-18-7-8-20(25)23(28-18)17-5-3-2-4-6-17/h5,7-10,13,16,19,27,29H,2-4,6,11-12,14-15H2,1H3,(H,31,32)/t16-,19+/m1/s1. The zero-order valence-corrected chi connectivity index (χ0v) is 18.4. The molecule has 2 aliphatic rings. The van der Waals surface area contributed by atoms with Gasteiger partial charge in [-0.3, -0.25) is 4.98 Å². The Hall–Kier alpha value is -3.16. The molecule has 0 saturated carbocycles. The van der Waals surface area contributed by atoms with E-state index in [2.05, 4.69) is 38.5 Å². The summed E-state index contributed by atoms with van der Waals surface area (Å²) in [4.78, 5) is 22.2. The Morgan fingerprint density at radius 2 is 2.16 bits per heavy atom. The molecule has 1 aliphatic heterocycles. The highest BCUT2D eigenvalue weighted by Gasteiger charge is 2.27. The van der Waals surface area contributed by atoms with Gasteiger partial charge in [0, 0.05) is 25.3 Å². The maximum absolute atomic E-state index is 14.4. The number of hydrogen-bond acceptors (Lipinski definition) is 5. The second-order valence-electron chi connectivity index (χ2n) is 8.75. The molecule has 0 unspecified atom stereocenters. The fourth-order valence-electron chi connectivity index (χ4n) is 4.67. The van der Waals surface area contributed by atoms with E-state index in [0.29, 0.717) is 24.7 Å². The predicted molar refractivity (Wildman–Crippen MR) is 123 cm³/mol. The van der Waals surface area contributed by atoms with Crippen molar-refractivity contribution >= 4 is 23.0 Å². The van der Waals surface area contributed by atoms with Crippen LogP contribution in [0.3, 0.4) is 0 Å². The van der Waals surface area contributed by atoms with Crippen LogP contribution in [0.2, 0.25) is 0 Å². The Morgan fingerprint density at radius 1 is 1.28 bits per heavy atom. The van der Waals surface area contributed by atoms with Crippen molar-refractivity contribution in [3.05, 3.63) is 53.9 Å². The van der Waals surface area contributed by atoms with Gasteiger partial charge in [-0.2, -0.15) is 0 Å². The SMILES string of the molecule is C[C@@H]1C[C@H](NC(=O)O)CN(c2ccncc2NCc2ccc(F)c(C3=CCCCC3)n2)C1. The van der Waals surface area contributed by atoms with Crippen LogP contribution in [0.1, 0.15) is 50.4 Å². The number of aromatic nitrogens is 2. The minimum absolute atomic E-state index is 0.123. The van der Waals surface area contributed by atoms with Crippen molar-refractivity contribution in [2.45, 2.75) is 51.6 Å². The normalized spacial score (nSPS) is 21.1. The highest BCUT2D eigenvalue weighted by molar-refractivity contribution is 5.70. The van der Waals surface area contributed by atoms with E-state index in [1.54, 1.807) is 18.5 Å². The molecule has 170 valence electrons. The van der Waals surface area contributed by atoms with Gasteiger partial charge in [0.1, 0.15) is 11.5 Å². The van der Waals surface area contributed by atoms with Crippen molar-refractivity contribution in [1.82, 2.24) is 15.3 Å². The molecule has 0 bridgehead atoms. The average molecular weight is 440 g/mol. The van der Waals surface area contributed by atoms with Gasteiger partial charge >= 0.3 is 6.09 Å². The Bertz CT molecular complexity index is 996. The third-order valence-electron chi connectivity index (χ3n) is 6.08. The van der Waals surface area contributed by atoms with E-state index in [1.807, 2.05) is 6.07 Å². The topological polar surface area (TPSA) is 90.4 Å². The van der Waals surface area contributed by atoms with E-state index in [0.717, 1.165) is 61.3 Å². The molecule has 0 aromatic carbocycles. The van der Waals surface area contributed by atoms with Gasteiger partial charge in [-0.15, -0.1) is 0 Å². The lowest BCUT2D eigenvalue weighted by Crippen LogP contribution is -2.50. The van der Waals surface area contributed by atoms with Crippen LogP contribution >= 0.6 is 0 Å². The third kappa shape index (κ3) is 5.36. The molecule has 2 aromatic heterocycles. The average Bonchev–Trinajstić information content (AvgIpc) is 2.78. The molecule has 7 nitrogen and oxygen atoms in total. The molecule has 1 saturated heterocycles. The minimum Gasteiger partial charge on any atom is -0.465 e.